The van der Waals surface area contributed by atoms with Gasteiger partial charge in [-0.05, 0) is 19.3 Å². The first-order valence-electron chi connectivity index (χ1n) is 10.8. The lowest BCUT2D eigenvalue weighted by Gasteiger charge is -2.29. The molecule has 0 bridgehead atoms. The average molecular weight is 490 g/mol. The largest absolute Gasteiger partial charge is 0.357 e. The number of hydrogen-bond donors (Lipinski definition) is 6. The van der Waals surface area contributed by atoms with E-state index < -0.39 is 36.0 Å². The molecule has 0 aromatic heterocycles. The van der Waals surface area contributed by atoms with Crippen LogP contribution < -0.4 is 21.3 Å². The lowest BCUT2D eigenvalue weighted by atomic mass is 10.1. The SMILES string of the molecule is CCCC[C@@H](NC(=O)[C@@H]1CCCN1C(=O)[C@H](CS)NC(C)=O)C(=O)N[C@@H](CS)C(=O)NC. The lowest BCUT2D eigenvalue weighted by Crippen LogP contribution is -2.58. The predicted molar refractivity (Wildman–Crippen MR) is 127 cm³/mol. The molecule has 12 heteroatoms. The summed E-state index contributed by atoms with van der Waals surface area (Å²) in [5.74, 6) is -1.81. The summed E-state index contributed by atoms with van der Waals surface area (Å²) >= 11 is 8.24. The van der Waals surface area contributed by atoms with Gasteiger partial charge in [0.15, 0.2) is 0 Å². The molecule has 5 amide bonds. The molecule has 0 radical (unpaired) electrons. The van der Waals surface area contributed by atoms with Crippen molar-refractivity contribution < 1.29 is 24.0 Å². The molecule has 0 saturated carbocycles. The van der Waals surface area contributed by atoms with Crippen molar-refractivity contribution in [2.75, 3.05) is 25.1 Å². The van der Waals surface area contributed by atoms with Gasteiger partial charge in [-0.2, -0.15) is 25.3 Å². The molecule has 1 aliphatic heterocycles. The molecule has 182 valence electrons. The van der Waals surface area contributed by atoms with E-state index >= 15 is 0 Å². The van der Waals surface area contributed by atoms with Gasteiger partial charge < -0.3 is 26.2 Å². The number of unbranched alkanes of at least 4 members (excludes halogenated alkanes) is 1. The van der Waals surface area contributed by atoms with Gasteiger partial charge in [-0.3, -0.25) is 24.0 Å². The molecule has 0 aliphatic carbocycles. The highest BCUT2D eigenvalue weighted by atomic mass is 32.1. The smallest absolute Gasteiger partial charge is 0.246 e. The van der Waals surface area contributed by atoms with E-state index in [-0.39, 0.29) is 29.2 Å². The first-order valence-corrected chi connectivity index (χ1v) is 12.1. The van der Waals surface area contributed by atoms with Crippen molar-refractivity contribution in [1.29, 1.82) is 0 Å². The summed E-state index contributed by atoms with van der Waals surface area (Å²) in [6.45, 7) is 3.66. The Morgan fingerprint density at radius 2 is 1.62 bits per heavy atom. The highest BCUT2D eigenvalue weighted by molar-refractivity contribution is 7.80. The Hall–Kier alpha value is -1.95. The zero-order chi connectivity index (χ0) is 24.3. The molecule has 0 aromatic rings. The molecular weight excluding hydrogens is 454 g/mol. The van der Waals surface area contributed by atoms with Crippen LogP contribution in [0.15, 0.2) is 0 Å². The predicted octanol–water partition coefficient (Wildman–Crippen LogP) is -0.752. The molecule has 4 atom stereocenters. The fourth-order valence-corrected chi connectivity index (χ4v) is 4.02. The average Bonchev–Trinajstić information content (AvgIpc) is 3.27. The minimum Gasteiger partial charge on any atom is -0.357 e. The van der Waals surface area contributed by atoms with Gasteiger partial charge in [-0.25, -0.2) is 0 Å². The lowest BCUT2D eigenvalue weighted by molar-refractivity contribution is -0.141. The highest BCUT2D eigenvalue weighted by Gasteiger charge is 2.38. The summed E-state index contributed by atoms with van der Waals surface area (Å²) in [7, 11) is 1.46. The minimum absolute atomic E-state index is 0.107. The van der Waals surface area contributed by atoms with Crippen LogP contribution >= 0.6 is 25.3 Å². The van der Waals surface area contributed by atoms with E-state index in [2.05, 4.69) is 46.5 Å². The summed E-state index contributed by atoms with van der Waals surface area (Å²) in [6.07, 6.45) is 3.00. The molecule has 0 aromatic carbocycles. The first kappa shape index (κ1) is 28.1. The summed E-state index contributed by atoms with van der Waals surface area (Å²) in [5, 5.41) is 10.4. The molecule has 0 spiro atoms. The van der Waals surface area contributed by atoms with Gasteiger partial charge in [0.25, 0.3) is 0 Å². The van der Waals surface area contributed by atoms with E-state index in [1.165, 1.54) is 18.9 Å². The third-order valence-electron chi connectivity index (χ3n) is 5.24. The van der Waals surface area contributed by atoms with Crippen LogP contribution in [0.4, 0.5) is 0 Å². The van der Waals surface area contributed by atoms with Gasteiger partial charge in [-0.1, -0.05) is 19.8 Å². The van der Waals surface area contributed by atoms with Crippen LogP contribution in [0.1, 0.15) is 46.0 Å². The van der Waals surface area contributed by atoms with E-state index in [4.69, 9.17) is 0 Å². The van der Waals surface area contributed by atoms with Gasteiger partial charge in [0.1, 0.15) is 24.2 Å². The summed E-state index contributed by atoms with van der Waals surface area (Å²) in [4.78, 5) is 63.4. The van der Waals surface area contributed by atoms with E-state index in [0.717, 1.165) is 6.42 Å². The molecule has 32 heavy (non-hydrogen) atoms. The second-order valence-corrected chi connectivity index (χ2v) is 8.42. The number of likely N-dealkylation sites (tertiary alicyclic amines) is 1. The molecule has 1 rings (SSSR count). The molecule has 4 N–H and O–H groups in total. The number of nitrogens with one attached hydrogen (secondary N) is 4. The molecule has 1 fully saturated rings. The van der Waals surface area contributed by atoms with Crippen molar-refractivity contribution in [1.82, 2.24) is 26.2 Å². The van der Waals surface area contributed by atoms with Gasteiger partial charge >= 0.3 is 0 Å². The fraction of sp³-hybridized carbons (Fsp3) is 0.750. The number of carbonyl (C=O) groups is 5. The molecular formula is C20H35N5O5S2. The Balaban J connectivity index is 2.91. The van der Waals surface area contributed by atoms with Crippen molar-refractivity contribution in [3.05, 3.63) is 0 Å². The summed E-state index contributed by atoms with van der Waals surface area (Å²) in [6, 6.07) is -3.24. The van der Waals surface area contributed by atoms with Gasteiger partial charge in [0.2, 0.25) is 29.5 Å². The van der Waals surface area contributed by atoms with Gasteiger partial charge in [0.05, 0.1) is 0 Å². The molecule has 10 nitrogen and oxygen atoms in total. The standard InChI is InChI=1S/C20H35N5O5S2/c1-4-5-7-13(18(28)24-14(10-31)17(27)21-3)23-19(29)16-8-6-9-25(16)20(30)15(11-32)22-12(2)26/h13-16,31-32H,4-11H2,1-3H3,(H,21,27)(H,22,26)(H,23,29)(H,24,28)/t13-,14+,15+,16+/m1/s1. The second kappa shape index (κ2) is 14.2. The molecule has 1 saturated heterocycles. The molecule has 0 unspecified atom stereocenters. The third kappa shape index (κ3) is 8.19. The summed E-state index contributed by atoms with van der Waals surface area (Å²) < 4.78 is 0. The number of hydrogen-bond acceptors (Lipinski definition) is 7. The fourth-order valence-electron chi connectivity index (χ4n) is 3.52. The maximum Gasteiger partial charge on any atom is 0.246 e. The number of amides is 5. The zero-order valence-electron chi connectivity index (χ0n) is 18.8. The quantitative estimate of drug-likeness (QED) is 0.200. The Bertz CT molecular complexity index is 693. The van der Waals surface area contributed by atoms with Crippen molar-refractivity contribution in [3.63, 3.8) is 0 Å². The third-order valence-corrected chi connectivity index (χ3v) is 5.97. The zero-order valence-corrected chi connectivity index (χ0v) is 20.6. The van der Waals surface area contributed by atoms with Gasteiger partial charge in [-0.15, -0.1) is 0 Å². The number of carbonyl (C=O) groups excluding carboxylic acids is 5. The Morgan fingerprint density at radius 1 is 0.969 bits per heavy atom. The van der Waals surface area contributed by atoms with Crippen LogP contribution in [0.3, 0.4) is 0 Å². The van der Waals surface area contributed by atoms with Crippen molar-refractivity contribution in [2.45, 2.75) is 70.1 Å². The van der Waals surface area contributed by atoms with Crippen LogP contribution in [0.25, 0.3) is 0 Å². The van der Waals surface area contributed by atoms with Crippen molar-refractivity contribution >= 4 is 54.8 Å². The Morgan fingerprint density at radius 3 is 2.16 bits per heavy atom. The maximum atomic E-state index is 13.0. The van der Waals surface area contributed by atoms with E-state index in [0.29, 0.717) is 32.2 Å². The van der Waals surface area contributed by atoms with E-state index in [9.17, 15) is 24.0 Å². The molecule has 1 heterocycles. The van der Waals surface area contributed by atoms with Crippen molar-refractivity contribution in [2.24, 2.45) is 0 Å². The van der Waals surface area contributed by atoms with Crippen LogP contribution in [0.2, 0.25) is 0 Å². The van der Waals surface area contributed by atoms with Crippen LogP contribution in [-0.2, 0) is 24.0 Å². The Kier molecular flexibility index (Phi) is 12.5. The van der Waals surface area contributed by atoms with Crippen molar-refractivity contribution in [3.8, 4) is 0 Å². The highest BCUT2D eigenvalue weighted by Crippen LogP contribution is 2.19. The maximum absolute atomic E-state index is 13.0. The van der Waals surface area contributed by atoms with E-state index in [1.54, 1.807) is 0 Å². The number of thiol groups is 2. The first-order chi connectivity index (χ1) is 15.2. The number of nitrogens with zero attached hydrogens (tertiary/aromatic N) is 1. The van der Waals surface area contributed by atoms with Crippen LogP contribution in [-0.4, -0.2) is 83.7 Å². The number of likely N-dealkylation sites (N-methyl/N-ethyl adjacent to an activating group) is 1. The van der Waals surface area contributed by atoms with Crippen LogP contribution in [0, 0.1) is 0 Å². The topological polar surface area (TPSA) is 137 Å². The summed E-state index contributed by atoms with van der Waals surface area (Å²) in [5.41, 5.74) is 0. The minimum atomic E-state index is -0.844. The number of rotatable bonds is 12. The normalized spacial score (nSPS) is 18.3. The van der Waals surface area contributed by atoms with Crippen LogP contribution in [0.5, 0.6) is 0 Å². The monoisotopic (exact) mass is 489 g/mol. The second-order valence-electron chi connectivity index (χ2n) is 7.69. The van der Waals surface area contributed by atoms with E-state index in [1.807, 2.05) is 6.92 Å². The van der Waals surface area contributed by atoms with Gasteiger partial charge in [0, 0.05) is 32.0 Å². The Labute approximate surface area is 200 Å². The molecule has 1 aliphatic rings.